The molecular formula is C22H22ClN7. The number of nitrogens with two attached hydrogens (primary N) is 1. The van der Waals surface area contributed by atoms with Gasteiger partial charge in [0.15, 0.2) is 0 Å². The van der Waals surface area contributed by atoms with Gasteiger partial charge in [-0.3, -0.25) is 9.38 Å². The summed E-state index contributed by atoms with van der Waals surface area (Å²) in [5, 5.41) is 3.93. The van der Waals surface area contributed by atoms with Gasteiger partial charge >= 0.3 is 0 Å². The lowest BCUT2D eigenvalue weighted by atomic mass is 9.92. The van der Waals surface area contributed by atoms with Gasteiger partial charge in [0.05, 0.1) is 23.1 Å². The summed E-state index contributed by atoms with van der Waals surface area (Å²) in [5.41, 5.74) is 10.4. The van der Waals surface area contributed by atoms with E-state index in [1.54, 1.807) is 18.6 Å². The van der Waals surface area contributed by atoms with Gasteiger partial charge in [0, 0.05) is 41.8 Å². The van der Waals surface area contributed by atoms with E-state index in [0.29, 0.717) is 28.7 Å². The SMILES string of the molecule is NC1CCC(Nc2ncc(Cl)c(-c3cnc4ccc(-c5cccnc5)cn34)n2)CC1. The maximum Gasteiger partial charge on any atom is 0.223 e. The number of fused-ring (bicyclic) bond motifs is 1. The van der Waals surface area contributed by atoms with Crippen molar-refractivity contribution >= 4 is 23.2 Å². The van der Waals surface area contributed by atoms with Crippen LogP contribution in [0.25, 0.3) is 28.2 Å². The van der Waals surface area contributed by atoms with E-state index in [0.717, 1.165) is 48.2 Å². The molecule has 30 heavy (non-hydrogen) atoms. The molecule has 0 atom stereocenters. The first-order valence-corrected chi connectivity index (χ1v) is 10.5. The Bertz CT molecular complexity index is 1170. The molecule has 0 radical (unpaired) electrons. The van der Waals surface area contributed by atoms with Crippen molar-refractivity contribution in [1.29, 1.82) is 0 Å². The molecule has 4 aromatic heterocycles. The molecule has 1 aliphatic carbocycles. The Morgan fingerprint density at radius 1 is 1.00 bits per heavy atom. The lowest BCUT2D eigenvalue weighted by molar-refractivity contribution is 0.410. The second-order valence-electron chi connectivity index (χ2n) is 7.68. The number of anilines is 1. The van der Waals surface area contributed by atoms with Gasteiger partial charge in [-0.2, -0.15) is 0 Å². The number of nitrogens with zero attached hydrogens (tertiary/aromatic N) is 5. The van der Waals surface area contributed by atoms with Crippen molar-refractivity contribution < 1.29 is 0 Å². The number of halogens is 1. The summed E-state index contributed by atoms with van der Waals surface area (Å²) in [6.07, 6.45) is 13.1. The molecule has 8 heteroatoms. The van der Waals surface area contributed by atoms with Crippen LogP contribution in [0.15, 0.2) is 55.2 Å². The fourth-order valence-corrected chi connectivity index (χ4v) is 4.11. The van der Waals surface area contributed by atoms with Gasteiger partial charge in [-0.15, -0.1) is 0 Å². The van der Waals surface area contributed by atoms with E-state index < -0.39 is 0 Å². The number of hydrogen-bond acceptors (Lipinski definition) is 6. The summed E-state index contributed by atoms with van der Waals surface area (Å²) in [4.78, 5) is 17.8. The first-order valence-electron chi connectivity index (χ1n) is 10.1. The number of rotatable bonds is 4. The predicted molar refractivity (Wildman–Crippen MR) is 118 cm³/mol. The van der Waals surface area contributed by atoms with Crippen molar-refractivity contribution in [2.24, 2.45) is 5.73 Å². The van der Waals surface area contributed by atoms with Gasteiger partial charge in [-0.1, -0.05) is 17.7 Å². The molecule has 0 bridgehead atoms. The molecule has 1 fully saturated rings. The molecule has 0 aromatic carbocycles. The summed E-state index contributed by atoms with van der Waals surface area (Å²) in [6, 6.07) is 8.60. The minimum absolute atomic E-state index is 0.303. The highest BCUT2D eigenvalue weighted by Gasteiger charge is 2.20. The highest BCUT2D eigenvalue weighted by molar-refractivity contribution is 6.32. The third-order valence-corrected chi connectivity index (χ3v) is 5.87. The van der Waals surface area contributed by atoms with Crippen LogP contribution in [0.3, 0.4) is 0 Å². The molecule has 1 aliphatic rings. The Labute approximate surface area is 179 Å². The van der Waals surface area contributed by atoms with Crippen molar-refractivity contribution in [3.05, 3.63) is 60.3 Å². The van der Waals surface area contributed by atoms with Gasteiger partial charge in [0.1, 0.15) is 11.3 Å². The molecule has 0 aliphatic heterocycles. The van der Waals surface area contributed by atoms with Crippen molar-refractivity contribution in [3.8, 4) is 22.5 Å². The Morgan fingerprint density at radius 3 is 2.67 bits per heavy atom. The molecule has 3 N–H and O–H groups in total. The van der Waals surface area contributed by atoms with Crippen LogP contribution in [0.1, 0.15) is 25.7 Å². The third kappa shape index (κ3) is 3.74. The number of aromatic nitrogens is 5. The minimum Gasteiger partial charge on any atom is -0.351 e. The van der Waals surface area contributed by atoms with Crippen LogP contribution in [0.4, 0.5) is 5.95 Å². The van der Waals surface area contributed by atoms with E-state index in [1.807, 2.05) is 41.1 Å². The lowest BCUT2D eigenvalue weighted by Crippen LogP contribution is -2.33. The molecule has 1 saturated carbocycles. The zero-order valence-electron chi connectivity index (χ0n) is 16.4. The number of pyridine rings is 2. The summed E-state index contributed by atoms with van der Waals surface area (Å²) in [6.45, 7) is 0. The molecule has 0 amide bonds. The highest BCUT2D eigenvalue weighted by Crippen LogP contribution is 2.29. The zero-order valence-corrected chi connectivity index (χ0v) is 17.1. The van der Waals surface area contributed by atoms with Crippen LogP contribution in [-0.4, -0.2) is 36.4 Å². The average Bonchev–Trinajstić information content (AvgIpc) is 3.20. The summed E-state index contributed by atoms with van der Waals surface area (Å²) in [7, 11) is 0. The fourth-order valence-electron chi connectivity index (χ4n) is 3.92. The van der Waals surface area contributed by atoms with Gasteiger partial charge in [0.2, 0.25) is 5.95 Å². The Kier molecular flexibility index (Phi) is 5.06. The maximum absolute atomic E-state index is 6.49. The third-order valence-electron chi connectivity index (χ3n) is 5.59. The van der Waals surface area contributed by atoms with Gasteiger partial charge in [-0.05, 0) is 43.9 Å². The van der Waals surface area contributed by atoms with Crippen LogP contribution >= 0.6 is 11.6 Å². The highest BCUT2D eigenvalue weighted by atomic mass is 35.5. The molecule has 7 nitrogen and oxygen atoms in total. The molecule has 0 saturated heterocycles. The van der Waals surface area contributed by atoms with Crippen molar-refractivity contribution in [3.63, 3.8) is 0 Å². The van der Waals surface area contributed by atoms with Crippen LogP contribution < -0.4 is 11.1 Å². The van der Waals surface area contributed by atoms with Crippen molar-refractivity contribution in [1.82, 2.24) is 24.3 Å². The van der Waals surface area contributed by atoms with Gasteiger partial charge in [0.25, 0.3) is 0 Å². The van der Waals surface area contributed by atoms with Gasteiger partial charge < -0.3 is 11.1 Å². The van der Waals surface area contributed by atoms with E-state index in [2.05, 4.69) is 20.3 Å². The number of hydrogen-bond donors (Lipinski definition) is 2. The zero-order chi connectivity index (χ0) is 20.5. The molecule has 0 unspecified atom stereocenters. The van der Waals surface area contributed by atoms with E-state index >= 15 is 0 Å². The first-order chi connectivity index (χ1) is 14.7. The van der Waals surface area contributed by atoms with Crippen LogP contribution in [0.5, 0.6) is 0 Å². The topological polar surface area (TPSA) is 94.0 Å². The number of nitrogens with one attached hydrogen (secondary N) is 1. The van der Waals surface area contributed by atoms with Crippen molar-refractivity contribution in [2.75, 3.05) is 5.32 Å². The van der Waals surface area contributed by atoms with Crippen LogP contribution in [0.2, 0.25) is 5.02 Å². The van der Waals surface area contributed by atoms with E-state index in [9.17, 15) is 0 Å². The monoisotopic (exact) mass is 419 g/mol. The Balaban J connectivity index is 1.50. The second kappa shape index (κ2) is 8.01. The summed E-state index contributed by atoms with van der Waals surface area (Å²) >= 11 is 6.49. The summed E-state index contributed by atoms with van der Waals surface area (Å²) in [5.74, 6) is 0.577. The maximum atomic E-state index is 6.49. The molecule has 4 aromatic rings. The number of imidazole rings is 1. The normalized spacial score (nSPS) is 19.1. The second-order valence-corrected chi connectivity index (χ2v) is 8.08. The van der Waals surface area contributed by atoms with Crippen LogP contribution in [-0.2, 0) is 0 Å². The Morgan fingerprint density at radius 2 is 1.87 bits per heavy atom. The first kappa shape index (κ1) is 19.0. The van der Waals surface area contributed by atoms with E-state index in [1.165, 1.54) is 0 Å². The predicted octanol–water partition coefficient (Wildman–Crippen LogP) is 4.19. The standard InChI is InChI=1S/C22H22ClN7/c23-18-11-27-22(28-17-6-4-16(24)5-7-17)29-21(18)19-12-26-20-8-3-15(13-30(19)20)14-2-1-9-25-10-14/h1-3,8-13,16-17H,4-7,24H2,(H,27,28,29). The Hall–Kier alpha value is -3.03. The molecule has 152 valence electrons. The quantitative estimate of drug-likeness (QED) is 0.515. The molecular weight excluding hydrogens is 398 g/mol. The summed E-state index contributed by atoms with van der Waals surface area (Å²) < 4.78 is 2.00. The fraction of sp³-hybridized carbons (Fsp3) is 0.273. The van der Waals surface area contributed by atoms with E-state index in [4.69, 9.17) is 22.3 Å². The van der Waals surface area contributed by atoms with Crippen LogP contribution in [0, 0.1) is 0 Å². The van der Waals surface area contributed by atoms with Gasteiger partial charge in [-0.25, -0.2) is 15.0 Å². The largest absolute Gasteiger partial charge is 0.351 e. The lowest BCUT2D eigenvalue weighted by Gasteiger charge is -2.26. The molecule has 5 rings (SSSR count). The van der Waals surface area contributed by atoms with E-state index in [-0.39, 0.29) is 0 Å². The average molecular weight is 420 g/mol. The van der Waals surface area contributed by atoms with Crippen molar-refractivity contribution in [2.45, 2.75) is 37.8 Å². The molecule has 4 heterocycles. The molecule has 0 spiro atoms. The minimum atomic E-state index is 0.303. The smallest absolute Gasteiger partial charge is 0.223 e.